The number of nitrogens with one attached hydrogen (secondary N) is 2. The predicted octanol–water partition coefficient (Wildman–Crippen LogP) is 1.54. The highest BCUT2D eigenvalue weighted by atomic mass is 16.6. The van der Waals surface area contributed by atoms with E-state index in [1.165, 1.54) is 10.9 Å². The molecule has 4 aromatic rings. The van der Waals surface area contributed by atoms with Crippen molar-refractivity contribution in [1.82, 2.24) is 29.7 Å². The van der Waals surface area contributed by atoms with E-state index in [-0.39, 0.29) is 11.9 Å². The number of rotatable bonds is 12. The van der Waals surface area contributed by atoms with Crippen LogP contribution in [0.4, 0.5) is 5.82 Å². The van der Waals surface area contributed by atoms with Crippen molar-refractivity contribution in [2.75, 3.05) is 57.9 Å². The second kappa shape index (κ2) is 14.3. The number of imidazole rings is 1. The summed E-state index contributed by atoms with van der Waals surface area (Å²) in [6.07, 6.45) is -3.71. The molecule has 2 aliphatic heterocycles. The van der Waals surface area contributed by atoms with Crippen LogP contribution in [0, 0.1) is 0 Å². The second-order valence-corrected chi connectivity index (χ2v) is 11.1. The van der Waals surface area contributed by atoms with Crippen molar-refractivity contribution < 1.29 is 29.2 Å². The zero-order valence-corrected chi connectivity index (χ0v) is 25.2. The molecule has 2 aliphatic rings. The number of anilines is 1. The highest BCUT2D eigenvalue weighted by molar-refractivity contribution is 5.84. The molecule has 4 N–H and O–H groups in total. The van der Waals surface area contributed by atoms with Crippen LogP contribution in [0.1, 0.15) is 30.2 Å². The van der Waals surface area contributed by atoms with Gasteiger partial charge in [0, 0.05) is 38.6 Å². The molecule has 238 valence electrons. The van der Waals surface area contributed by atoms with Gasteiger partial charge in [-0.05, 0) is 18.1 Å². The lowest BCUT2D eigenvalue weighted by Crippen LogP contribution is -2.42. The monoisotopic (exact) mass is 617 g/mol. The van der Waals surface area contributed by atoms with Crippen LogP contribution in [0.5, 0.6) is 6.01 Å². The Balaban J connectivity index is 1.30. The zero-order chi connectivity index (χ0) is 31.2. The Kier molecular flexibility index (Phi) is 9.81. The summed E-state index contributed by atoms with van der Waals surface area (Å²) < 4.78 is 18.9. The number of aliphatic hydroxyl groups excluding tert-OH is 2. The lowest BCUT2D eigenvalue weighted by molar-refractivity contribution is -0.137. The van der Waals surface area contributed by atoms with Gasteiger partial charge in [0.2, 0.25) is 0 Å². The molecule has 2 aromatic heterocycles. The fourth-order valence-corrected chi connectivity index (χ4v) is 5.74. The molecule has 0 unspecified atom stereocenters. The summed E-state index contributed by atoms with van der Waals surface area (Å²) >= 11 is 0. The number of benzene rings is 2. The number of aromatic nitrogens is 4. The number of ether oxygens (including phenoxy) is 3. The summed E-state index contributed by atoms with van der Waals surface area (Å²) in [5.41, 5.74) is 3.04. The second-order valence-electron chi connectivity index (χ2n) is 11.1. The number of morpholine rings is 1. The summed E-state index contributed by atoms with van der Waals surface area (Å²) in [6.45, 7) is 6.70. The van der Waals surface area contributed by atoms with Gasteiger partial charge in [-0.1, -0.05) is 60.7 Å². The van der Waals surface area contributed by atoms with E-state index in [2.05, 4.69) is 49.8 Å². The van der Waals surface area contributed by atoms with Gasteiger partial charge < -0.3 is 35.1 Å². The smallest absolute Gasteiger partial charge is 0.320 e. The molecule has 2 fully saturated rings. The molecular formula is C32H39N7O6. The van der Waals surface area contributed by atoms with E-state index in [0.717, 1.165) is 24.2 Å². The maximum Gasteiger partial charge on any atom is 0.320 e. The van der Waals surface area contributed by atoms with Crippen molar-refractivity contribution in [3.05, 3.63) is 78.1 Å². The molecule has 0 bridgehead atoms. The molecule has 6 rings (SSSR count). The molecule has 4 atom stereocenters. The van der Waals surface area contributed by atoms with Crippen LogP contribution in [0.2, 0.25) is 0 Å². The Morgan fingerprint density at radius 2 is 1.71 bits per heavy atom. The Morgan fingerprint density at radius 1 is 1.02 bits per heavy atom. The third-order valence-corrected chi connectivity index (χ3v) is 8.14. The van der Waals surface area contributed by atoms with Gasteiger partial charge in [0.1, 0.15) is 18.8 Å². The molecule has 0 spiro atoms. The van der Waals surface area contributed by atoms with Crippen molar-refractivity contribution >= 4 is 22.9 Å². The molecule has 0 saturated carbocycles. The fraction of sp³-hybridized carbons (Fsp3) is 0.438. The number of likely N-dealkylation sites (N-methyl/N-ethyl adjacent to an activating group) is 1. The highest BCUT2D eigenvalue weighted by Gasteiger charge is 2.47. The van der Waals surface area contributed by atoms with E-state index in [4.69, 9.17) is 19.2 Å². The summed E-state index contributed by atoms with van der Waals surface area (Å²) in [4.78, 5) is 28.7. The number of hydrogen-bond acceptors (Lipinski definition) is 11. The Labute approximate surface area is 261 Å². The van der Waals surface area contributed by atoms with Crippen LogP contribution in [0.3, 0.4) is 0 Å². The average molecular weight is 618 g/mol. The van der Waals surface area contributed by atoms with Gasteiger partial charge in [-0.3, -0.25) is 14.3 Å². The molecule has 1 amide bonds. The molecule has 45 heavy (non-hydrogen) atoms. The van der Waals surface area contributed by atoms with Crippen LogP contribution in [0.15, 0.2) is 67.0 Å². The zero-order valence-electron chi connectivity index (χ0n) is 25.2. The van der Waals surface area contributed by atoms with Crippen LogP contribution in [0.25, 0.3) is 11.2 Å². The minimum absolute atomic E-state index is 0.0122. The number of fused-ring (bicyclic) bond motifs is 1. The first-order valence-corrected chi connectivity index (χ1v) is 15.3. The first-order valence-electron chi connectivity index (χ1n) is 15.3. The van der Waals surface area contributed by atoms with Gasteiger partial charge in [0.05, 0.1) is 19.5 Å². The maximum atomic E-state index is 12.5. The van der Waals surface area contributed by atoms with Crippen molar-refractivity contribution in [2.45, 2.75) is 37.4 Å². The molecule has 2 saturated heterocycles. The Hall–Kier alpha value is -4.14. The lowest BCUT2D eigenvalue weighted by atomic mass is 9.91. The van der Waals surface area contributed by atoms with Gasteiger partial charge in [0.25, 0.3) is 5.91 Å². The number of nitrogens with zero attached hydrogens (tertiary/aromatic N) is 5. The number of aliphatic hydroxyl groups is 2. The summed E-state index contributed by atoms with van der Waals surface area (Å²) in [7, 11) is 0. The average Bonchev–Trinajstić information content (AvgIpc) is 3.63. The lowest BCUT2D eigenvalue weighted by Gasteiger charge is -2.26. The van der Waals surface area contributed by atoms with Gasteiger partial charge in [-0.25, -0.2) is 4.98 Å². The first kappa shape index (κ1) is 30.9. The number of carbonyl (C=O) groups excluding carboxylic acids is 1. The van der Waals surface area contributed by atoms with Crippen LogP contribution < -0.4 is 15.4 Å². The summed E-state index contributed by atoms with van der Waals surface area (Å²) in [6, 6.07) is 20.6. The largest absolute Gasteiger partial charge is 0.462 e. The van der Waals surface area contributed by atoms with Gasteiger partial charge >= 0.3 is 6.01 Å². The number of carbonyl (C=O) groups is 1. The fourth-order valence-electron chi connectivity index (χ4n) is 5.74. The third-order valence-electron chi connectivity index (χ3n) is 8.14. The number of hydrogen-bond donors (Lipinski definition) is 4. The topological polar surface area (TPSA) is 156 Å². The molecular weight excluding hydrogens is 578 g/mol. The van der Waals surface area contributed by atoms with Crippen LogP contribution in [-0.4, -0.2) is 111 Å². The minimum atomic E-state index is -1.43. The van der Waals surface area contributed by atoms with Crippen molar-refractivity contribution in [2.24, 2.45) is 0 Å². The number of amides is 1. The van der Waals surface area contributed by atoms with Gasteiger partial charge in [0.15, 0.2) is 29.3 Å². The van der Waals surface area contributed by atoms with E-state index in [1.54, 1.807) is 6.92 Å². The van der Waals surface area contributed by atoms with Crippen LogP contribution in [-0.2, 0) is 14.3 Å². The summed E-state index contributed by atoms with van der Waals surface area (Å²) in [5.74, 6) is -0.0450. The van der Waals surface area contributed by atoms with Crippen LogP contribution >= 0.6 is 0 Å². The van der Waals surface area contributed by atoms with Crippen molar-refractivity contribution in [3.8, 4) is 6.01 Å². The quantitative estimate of drug-likeness (QED) is 0.183. The molecule has 13 nitrogen and oxygen atoms in total. The van der Waals surface area contributed by atoms with Crippen molar-refractivity contribution in [3.63, 3.8) is 0 Å². The van der Waals surface area contributed by atoms with Crippen molar-refractivity contribution in [1.29, 1.82) is 0 Å². The first-order chi connectivity index (χ1) is 22.0. The van der Waals surface area contributed by atoms with Gasteiger partial charge in [-0.2, -0.15) is 9.97 Å². The standard InChI is InChI=1S/C32H39N7O6/c1-2-33-30(42)27-25(40)26(41)31(45-27)39-20-35-24-28(36-32(37-29(24)39)44-18-15-38-13-16-43-17-14-38)34-19-23(21-9-5-3-6-10-21)22-11-7-4-8-12-22/h3-12,20,23,25-27,31,40-41H,2,13-19H2,1H3,(H,33,42)(H,34,36,37)/t25-,26+,27-,31+/m0/s1. The third kappa shape index (κ3) is 6.92. The molecule has 0 aliphatic carbocycles. The molecule has 2 aromatic carbocycles. The van der Waals surface area contributed by atoms with Gasteiger partial charge in [-0.15, -0.1) is 0 Å². The normalized spacial score (nSPS) is 22.1. The van der Waals surface area contributed by atoms with E-state index in [1.807, 2.05) is 36.4 Å². The highest BCUT2D eigenvalue weighted by Crippen LogP contribution is 2.34. The predicted molar refractivity (Wildman–Crippen MR) is 166 cm³/mol. The SMILES string of the molecule is CCNC(=O)[C@H]1O[C@@H](n2cnc3c(NCC(c4ccccc4)c4ccccc4)nc(OCCN4CCOCC4)nc32)[C@H](O)[C@@H]1O. The Morgan fingerprint density at radius 3 is 2.38 bits per heavy atom. The minimum Gasteiger partial charge on any atom is -0.462 e. The molecule has 4 heterocycles. The molecule has 13 heteroatoms. The van der Waals surface area contributed by atoms with E-state index < -0.39 is 30.4 Å². The maximum absolute atomic E-state index is 12.5. The molecule has 0 radical (unpaired) electrons. The van der Waals surface area contributed by atoms with E-state index in [0.29, 0.717) is 56.4 Å². The Bertz CT molecular complexity index is 1510. The van der Waals surface area contributed by atoms with E-state index >= 15 is 0 Å². The summed E-state index contributed by atoms with van der Waals surface area (Å²) in [5, 5.41) is 27.7. The van der Waals surface area contributed by atoms with E-state index in [9.17, 15) is 15.0 Å².